The molecule has 0 bridgehead atoms. The van der Waals surface area contributed by atoms with E-state index in [1.807, 2.05) is 0 Å². The molecule has 4 heterocycles. The maximum absolute atomic E-state index is 13.4. The van der Waals surface area contributed by atoms with Crippen LogP contribution in [0.5, 0.6) is 0 Å². The number of aliphatic hydroxyl groups excluding tert-OH is 8. The van der Waals surface area contributed by atoms with Crippen molar-refractivity contribution in [1.29, 1.82) is 0 Å². The zero-order valence-electron chi connectivity index (χ0n) is 39.0. The first-order valence-electron chi connectivity index (χ1n) is 21.6. The molecule has 4 aliphatic heterocycles. The van der Waals surface area contributed by atoms with Crippen LogP contribution >= 0.6 is 0 Å². The van der Waals surface area contributed by atoms with Crippen LogP contribution < -0.4 is 50.6 Å². The van der Waals surface area contributed by atoms with Gasteiger partial charge in [0.05, 0.1) is 58.8 Å². The van der Waals surface area contributed by atoms with Crippen molar-refractivity contribution in [3.05, 3.63) is 10.4 Å². The average Bonchev–Trinajstić information content (AvgIpc) is 3.31. The monoisotopic (exact) mass is 1030 g/mol. The number of aliphatic carboxylic acids is 1. The van der Waals surface area contributed by atoms with Gasteiger partial charge >= 0.3 is 29.6 Å². The number of methoxy groups -OCH3 is 2. The number of rotatable bonds is 26. The zero-order chi connectivity index (χ0) is 50.9. The van der Waals surface area contributed by atoms with E-state index in [-0.39, 0.29) is 82.3 Å². The van der Waals surface area contributed by atoms with Gasteiger partial charge in [0.1, 0.15) is 91.4 Å². The second-order valence-corrected chi connectivity index (χ2v) is 15.8. The molecule has 32 heteroatoms. The molecule has 0 aromatic heterocycles. The summed E-state index contributed by atoms with van der Waals surface area (Å²) in [7, 11) is 2.29. The van der Waals surface area contributed by atoms with Crippen LogP contribution in [-0.2, 0) is 76.0 Å². The standard InChI is InChI=1S/C38H64N6O25.Na/c1-15(47)42-19-27(21(49)17(13-45)63-35(19)59-4)65-38-26(54)24(52)30(32(69-38)34(56)57)67-36-20(43-16(2)48)28(22(50)18(14-46)64-36)66-37-25(53)23(51)29(58-3)31(68-37)33(55)40-5-7-60-9-11-62-12-10-61-8-6-41-44-39;/h17-32,35-38,45-46,49-54H,5-14H2,1-4H3,(H,40,55)(H,42,47)(H,43,48)(H,56,57);/q;+1/p-1. The Morgan fingerprint density at radius 3 is 1.53 bits per heavy atom. The number of carbonyl (C=O) groups is 4. The summed E-state index contributed by atoms with van der Waals surface area (Å²) in [5.74, 6) is -4.47. The molecule has 20 unspecified atom stereocenters. The summed E-state index contributed by atoms with van der Waals surface area (Å²) < 4.78 is 66.5. The van der Waals surface area contributed by atoms with Crippen LogP contribution in [0.25, 0.3) is 10.4 Å². The van der Waals surface area contributed by atoms with Gasteiger partial charge in [0.15, 0.2) is 31.3 Å². The van der Waals surface area contributed by atoms with Gasteiger partial charge in [0.25, 0.3) is 5.91 Å². The van der Waals surface area contributed by atoms with Gasteiger partial charge in [-0.15, -0.1) is 0 Å². The number of carboxylic acids is 1. The molecule has 0 saturated carbocycles. The second kappa shape index (κ2) is 30.6. The van der Waals surface area contributed by atoms with Gasteiger partial charge in [-0.3, -0.25) is 14.4 Å². The largest absolute Gasteiger partial charge is 1.00 e. The predicted molar refractivity (Wildman–Crippen MR) is 217 cm³/mol. The van der Waals surface area contributed by atoms with Crippen LogP contribution in [0.4, 0.5) is 0 Å². The Hall–Kier alpha value is -2.61. The first-order valence-corrected chi connectivity index (χ1v) is 21.6. The third kappa shape index (κ3) is 16.4. The van der Waals surface area contributed by atoms with Gasteiger partial charge < -0.3 is 124 Å². The third-order valence-corrected chi connectivity index (χ3v) is 11.1. The minimum absolute atomic E-state index is 0. The number of nitrogens with zero attached hydrogens (tertiary/aromatic N) is 3. The number of hydrogen-bond donors (Lipinski definition) is 11. The van der Waals surface area contributed by atoms with E-state index < -0.39 is 160 Å². The van der Waals surface area contributed by atoms with Crippen LogP contribution in [0, 0.1) is 0 Å². The fraction of sp³-hybridized carbons (Fsp3) is 0.895. The summed E-state index contributed by atoms with van der Waals surface area (Å²) in [6.07, 6.45) is -34.1. The van der Waals surface area contributed by atoms with Crippen molar-refractivity contribution in [1.82, 2.24) is 16.0 Å². The van der Waals surface area contributed by atoms with E-state index in [2.05, 4.69) is 26.0 Å². The van der Waals surface area contributed by atoms with E-state index in [0.29, 0.717) is 0 Å². The first kappa shape index (κ1) is 61.7. The Morgan fingerprint density at radius 1 is 0.600 bits per heavy atom. The Morgan fingerprint density at radius 2 is 1.06 bits per heavy atom. The van der Waals surface area contributed by atoms with Crippen molar-refractivity contribution >= 4 is 23.7 Å². The summed E-state index contributed by atoms with van der Waals surface area (Å²) in [4.78, 5) is 53.3. The number of carbonyl (C=O) groups excluding carboxylic acids is 4. The van der Waals surface area contributed by atoms with Crippen molar-refractivity contribution in [2.75, 3.05) is 80.2 Å². The van der Waals surface area contributed by atoms with Crippen LogP contribution in [0.1, 0.15) is 13.8 Å². The SMILES string of the molecule is COC1OC(CO)C(O)C(OC2OC(C(=O)[O-])C(OC3OC(CO)C(O)C(OC4OC(C(=O)NCCOCCOCCOCCN=[N+]=[N-])C(OC)C(O)C4O)C3NC(C)=O)C(O)C2O)C1NC(C)=O.[Na+]. The molecule has 4 fully saturated rings. The molecule has 11 N–H and O–H groups in total. The molecule has 0 aromatic carbocycles. The zero-order valence-corrected chi connectivity index (χ0v) is 41.0. The van der Waals surface area contributed by atoms with Crippen molar-refractivity contribution in [2.45, 2.75) is 137 Å². The molecule has 396 valence electrons. The number of ether oxygens (including phenoxy) is 12. The molecule has 0 spiro atoms. The summed E-state index contributed by atoms with van der Waals surface area (Å²) >= 11 is 0. The van der Waals surface area contributed by atoms with Crippen LogP contribution in [0.15, 0.2) is 5.11 Å². The molecular formula is C38H63N6NaO25. The minimum Gasteiger partial charge on any atom is -0.547 e. The maximum Gasteiger partial charge on any atom is 1.00 e. The van der Waals surface area contributed by atoms with E-state index in [9.17, 15) is 65.1 Å². The normalized spacial score (nSPS) is 37.5. The Balaban J connectivity index is 0.0000130. The van der Waals surface area contributed by atoms with Gasteiger partial charge in [0, 0.05) is 46.1 Å². The molecule has 20 atom stereocenters. The summed E-state index contributed by atoms with van der Waals surface area (Å²) in [6, 6.07) is -3.14. The van der Waals surface area contributed by atoms with Gasteiger partial charge in [-0.2, -0.15) is 0 Å². The number of aliphatic hydroxyl groups is 8. The maximum atomic E-state index is 13.4. The van der Waals surface area contributed by atoms with Gasteiger partial charge in [-0.1, -0.05) is 5.11 Å². The van der Waals surface area contributed by atoms with Crippen molar-refractivity contribution in [3.63, 3.8) is 0 Å². The molecule has 70 heavy (non-hydrogen) atoms. The van der Waals surface area contributed by atoms with E-state index in [1.165, 1.54) is 7.11 Å². The van der Waals surface area contributed by atoms with Gasteiger partial charge in [-0.25, -0.2) is 0 Å². The van der Waals surface area contributed by atoms with E-state index in [4.69, 9.17) is 62.4 Å². The number of azide groups is 1. The van der Waals surface area contributed by atoms with Crippen LogP contribution in [0.2, 0.25) is 0 Å². The number of amides is 3. The Labute approximate surface area is 422 Å². The summed E-state index contributed by atoms with van der Waals surface area (Å²) in [6.45, 7) is 1.48. The molecule has 4 rings (SSSR count). The van der Waals surface area contributed by atoms with Crippen LogP contribution in [-0.4, -0.2) is 267 Å². The van der Waals surface area contributed by atoms with E-state index in [0.717, 1.165) is 21.0 Å². The van der Waals surface area contributed by atoms with E-state index in [1.54, 1.807) is 0 Å². The molecule has 31 nitrogen and oxygen atoms in total. The molecule has 0 aromatic rings. The number of hydrogen-bond acceptors (Lipinski definition) is 26. The van der Waals surface area contributed by atoms with Crippen molar-refractivity contribution < 1.29 is 152 Å². The molecule has 3 amide bonds. The second-order valence-electron chi connectivity index (χ2n) is 15.8. The third-order valence-electron chi connectivity index (χ3n) is 11.1. The average molecular weight is 1030 g/mol. The first-order chi connectivity index (χ1) is 32.9. The van der Waals surface area contributed by atoms with Gasteiger partial charge in [-0.05, 0) is 5.53 Å². The molecular weight excluding hydrogens is 963 g/mol. The van der Waals surface area contributed by atoms with Crippen LogP contribution in [0.3, 0.4) is 0 Å². The quantitative estimate of drug-likeness (QED) is 0.0126. The Bertz CT molecular complexity index is 1680. The molecule has 4 saturated heterocycles. The topological polar surface area (TPSA) is 449 Å². The fourth-order valence-electron chi connectivity index (χ4n) is 7.77. The fourth-order valence-corrected chi connectivity index (χ4v) is 7.77. The Kier molecular flexibility index (Phi) is 26.9. The number of nitrogens with one attached hydrogen (secondary N) is 3. The minimum atomic E-state index is -2.38. The van der Waals surface area contributed by atoms with E-state index >= 15 is 0 Å². The summed E-state index contributed by atoms with van der Waals surface area (Å²) in [5.41, 5.74) is 8.26. The van der Waals surface area contributed by atoms with Crippen molar-refractivity contribution in [2.24, 2.45) is 5.11 Å². The summed E-state index contributed by atoms with van der Waals surface area (Å²) in [5, 5.41) is 111. The number of carboxylic acid groups (broad SMARTS) is 1. The van der Waals surface area contributed by atoms with Gasteiger partial charge in [0.2, 0.25) is 11.8 Å². The molecule has 0 radical (unpaired) electrons. The smallest absolute Gasteiger partial charge is 0.547 e. The predicted octanol–water partition coefficient (Wildman–Crippen LogP) is -11.9. The van der Waals surface area contributed by atoms with Crippen molar-refractivity contribution in [3.8, 4) is 0 Å². The molecule has 0 aliphatic carbocycles. The molecule has 4 aliphatic rings.